The lowest BCUT2D eigenvalue weighted by molar-refractivity contribution is -0.137. The van der Waals surface area contributed by atoms with E-state index in [-0.39, 0.29) is 12.5 Å². The fraction of sp³-hybridized carbons (Fsp3) is 0.462. The zero-order valence-electron chi connectivity index (χ0n) is 9.52. The highest BCUT2D eigenvalue weighted by Gasteiger charge is 2.22. The largest absolute Gasteiger partial charge is 0.481 e. The molecule has 1 aliphatic rings. The van der Waals surface area contributed by atoms with Crippen LogP contribution in [0.2, 0.25) is 0 Å². The van der Waals surface area contributed by atoms with Gasteiger partial charge in [-0.05, 0) is 31.4 Å². The number of carboxylic acids is 1. The number of fused-ring (bicyclic) bond motifs is 1. The van der Waals surface area contributed by atoms with E-state index in [1.165, 1.54) is 11.3 Å². The van der Waals surface area contributed by atoms with Crippen LogP contribution in [0.3, 0.4) is 0 Å². The van der Waals surface area contributed by atoms with Crippen LogP contribution in [0.5, 0.6) is 0 Å². The number of carbonyl (C=O) groups is 1. The van der Waals surface area contributed by atoms with Crippen molar-refractivity contribution in [3.63, 3.8) is 0 Å². The van der Waals surface area contributed by atoms with Gasteiger partial charge in [-0.2, -0.15) is 0 Å². The van der Waals surface area contributed by atoms with Gasteiger partial charge >= 0.3 is 5.97 Å². The molecule has 16 heavy (non-hydrogen) atoms. The average molecular weight is 219 g/mol. The molecule has 2 rings (SSSR count). The van der Waals surface area contributed by atoms with Crippen LogP contribution >= 0.6 is 0 Å². The minimum atomic E-state index is -0.726. The van der Waals surface area contributed by atoms with Gasteiger partial charge in [0.15, 0.2) is 0 Å². The van der Waals surface area contributed by atoms with Crippen LogP contribution in [-0.2, 0) is 11.2 Å². The summed E-state index contributed by atoms with van der Waals surface area (Å²) in [5.74, 6) is -0.726. The molecule has 3 nitrogen and oxygen atoms in total. The summed E-state index contributed by atoms with van der Waals surface area (Å²) >= 11 is 0. The molecule has 0 saturated heterocycles. The summed E-state index contributed by atoms with van der Waals surface area (Å²) in [4.78, 5) is 13.0. The highest BCUT2D eigenvalue weighted by molar-refractivity contribution is 5.69. The number of aryl methyl sites for hydroxylation is 1. The third-order valence-corrected chi connectivity index (χ3v) is 3.15. The summed E-state index contributed by atoms with van der Waals surface area (Å²) in [6.07, 6.45) is 2.42. The quantitative estimate of drug-likeness (QED) is 0.848. The van der Waals surface area contributed by atoms with E-state index in [4.69, 9.17) is 5.11 Å². The van der Waals surface area contributed by atoms with E-state index in [0.29, 0.717) is 0 Å². The number of hydrogen-bond donors (Lipinski definition) is 1. The van der Waals surface area contributed by atoms with Crippen molar-refractivity contribution < 1.29 is 9.90 Å². The van der Waals surface area contributed by atoms with Crippen molar-refractivity contribution in [2.45, 2.75) is 32.2 Å². The van der Waals surface area contributed by atoms with E-state index < -0.39 is 5.97 Å². The Hall–Kier alpha value is -1.51. The van der Waals surface area contributed by atoms with Crippen molar-refractivity contribution >= 4 is 11.7 Å². The van der Waals surface area contributed by atoms with Crippen LogP contribution in [0.25, 0.3) is 0 Å². The van der Waals surface area contributed by atoms with Crippen LogP contribution < -0.4 is 4.90 Å². The normalized spacial score (nSPS) is 16.7. The molecular weight excluding hydrogens is 202 g/mol. The molecular formula is C13H17NO2. The number of nitrogens with zero attached hydrogens (tertiary/aromatic N) is 1. The van der Waals surface area contributed by atoms with Gasteiger partial charge in [0.25, 0.3) is 0 Å². The van der Waals surface area contributed by atoms with E-state index >= 15 is 0 Å². The molecule has 0 saturated carbocycles. The highest BCUT2D eigenvalue weighted by Crippen LogP contribution is 2.28. The Labute approximate surface area is 95.7 Å². The van der Waals surface area contributed by atoms with Crippen LogP contribution in [0.15, 0.2) is 24.3 Å². The molecule has 1 aromatic carbocycles. The molecule has 1 aromatic rings. The van der Waals surface area contributed by atoms with Crippen molar-refractivity contribution in [2.75, 3.05) is 11.4 Å². The molecule has 0 radical (unpaired) electrons. The summed E-state index contributed by atoms with van der Waals surface area (Å²) in [5, 5.41) is 8.84. The zero-order chi connectivity index (χ0) is 11.5. The van der Waals surface area contributed by atoms with Crippen molar-refractivity contribution in [2.24, 2.45) is 0 Å². The first kappa shape index (κ1) is 11.0. The number of anilines is 1. The number of rotatable bonds is 3. The molecule has 1 N–H and O–H groups in total. The molecule has 0 aromatic heterocycles. The topological polar surface area (TPSA) is 40.5 Å². The summed E-state index contributed by atoms with van der Waals surface area (Å²) in [7, 11) is 0. The first-order chi connectivity index (χ1) is 7.68. The summed E-state index contributed by atoms with van der Waals surface area (Å²) in [6.45, 7) is 2.95. The maximum Gasteiger partial charge on any atom is 0.305 e. The molecule has 1 atom stereocenters. The number of benzene rings is 1. The predicted molar refractivity (Wildman–Crippen MR) is 63.8 cm³/mol. The molecule has 3 heteroatoms. The van der Waals surface area contributed by atoms with Gasteiger partial charge < -0.3 is 10.0 Å². The van der Waals surface area contributed by atoms with Crippen molar-refractivity contribution in [3.05, 3.63) is 29.8 Å². The Morgan fingerprint density at radius 1 is 1.50 bits per heavy atom. The Bertz CT molecular complexity index is 389. The zero-order valence-corrected chi connectivity index (χ0v) is 9.52. The predicted octanol–water partition coefficient (Wildman–Crippen LogP) is 2.30. The second-order valence-electron chi connectivity index (χ2n) is 4.37. The fourth-order valence-electron chi connectivity index (χ4n) is 2.38. The minimum absolute atomic E-state index is 0.0685. The van der Waals surface area contributed by atoms with Gasteiger partial charge in [-0.15, -0.1) is 0 Å². The van der Waals surface area contributed by atoms with Crippen molar-refractivity contribution in [3.8, 4) is 0 Å². The van der Waals surface area contributed by atoms with Gasteiger partial charge in [-0.1, -0.05) is 18.2 Å². The maximum atomic E-state index is 10.7. The van der Waals surface area contributed by atoms with Crippen LogP contribution in [0.4, 0.5) is 5.69 Å². The summed E-state index contributed by atoms with van der Waals surface area (Å²) < 4.78 is 0. The van der Waals surface area contributed by atoms with E-state index in [0.717, 1.165) is 19.4 Å². The smallest absolute Gasteiger partial charge is 0.305 e. The summed E-state index contributed by atoms with van der Waals surface area (Å²) in [5.41, 5.74) is 2.55. The molecule has 1 heterocycles. The molecule has 0 amide bonds. The fourth-order valence-corrected chi connectivity index (χ4v) is 2.38. The standard InChI is InChI=1S/C13H17NO2/c1-10(9-13(15)16)14-8-4-6-11-5-2-3-7-12(11)14/h2-3,5,7,10H,4,6,8-9H2,1H3,(H,15,16). The van der Waals surface area contributed by atoms with Gasteiger partial charge in [0.2, 0.25) is 0 Å². The number of hydrogen-bond acceptors (Lipinski definition) is 2. The first-order valence-corrected chi connectivity index (χ1v) is 5.75. The number of carboxylic acid groups (broad SMARTS) is 1. The lowest BCUT2D eigenvalue weighted by Crippen LogP contribution is -2.38. The SMILES string of the molecule is CC(CC(=O)O)N1CCCc2ccccc21. The van der Waals surface area contributed by atoms with Gasteiger partial charge in [0.1, 0.15) is 0 Å². The second-order valence-corrected chi connectivity index (χ2v) is 4.37. The van der Waals surface area contributed by atoms with Gasteiger partial charge in [0, 0.05) is 18.3 Å². The number of aliphatic carboxylic acids is 1. The van der Waals surface area contributed by atoms with Crippen molar-refractivity contribution in [1.29, 1.82) is 0 Å². The van der Waals surface area contributed by atoms with E-state index in [2.05, 4.69) is 17.0 Å². The van der Waals surface area contributed by atoms with Crippen LogP contribution in [0, 0.1) is 0 Å². The summed E-state index contributed by atoms with van der Waals surface area (Å²) in [6, 6.07) is 8.36. The van der Waals surface area contributed by atoms with Gasteiger partial charge in [-0.25, -0.2) is 0 Å². The monoisotopic (exact) mass is 219 g/mol. The highest BCUT2D eigenvalue weighted by atomic mass is 16.4. The molecule has 0 spiro atoms. The number of para-hydroxylation sites is 1. The van der Waals surface area contributed by atoms with Crippen LogP contribution in [-0.4, -0.2) is 23.7 Å². The third-order valence-electron chi connectivity index (χ3n) is 3.15. The average Bonchev–Trinajstić information content (AvgIpc) is 2.27. The molecule has 1 aliphatic heterocycles. The Kier molecular flexibility index (Phi) is 3.13. The maximum absolute atomic E-state index is 10.7. The Balaban J connectivity index is 2.21. The molecule has 0 bridgehead atoms. The molecule has 1 unspecified atom stereocenters. The molecule has 0 fully saturated rings. The lowest BCUT2D eigenvalue weighted by atomic mass is 9.99. The van der Waals surface area contributed by atoms with E-state index in [1.807, 2.05) is 19.1 Å². The van der Waals surface area contributed by atoms with Crippen molar-refractivity contribution in [1.82, 2.24) is 0 Å². The van der Waals surface area contributed by atoms with E-state index in [1.54, 1.807) is 0 Å². The molecule has 0 aliphatic carbocycles. The minimum Gasteiger partial charge on any atom is -0.481 e. The van der Waals surface area contributed by atoms with Gasteiger partial charge in [-0.3, -0.25) is 4.79 Å². The van der Waals surface area contributed by atoms with Crippen LogP contribution in [0.1, 0.15) is 25.3 Å². The first-order valence-electron chi connectivity index (χ1n) is 5.75. The van der Waals surface area contributed by atoms with Gasteiger partial charge in [0.05, 0.1) is 6.42 Å². The van der Waals surface area contributed by atoms with E-state index in [9.17, 15) is 4.79 Å². The third kappa shape index (κ3) is 2.18. The lowest BCUT2D eigenvalue weighted by Gasteiger charge is -2.35. The second kappa shape index (κ2) is 4.56. The Morgan fingerprint density at radius 3 is 3.00 bits per heavy atom. The molecule has 86 valence electrons. The Morgan fingerprint density at radius 2 is 2.25 bits per heavy atom.